The van der Waals surface area contributed by atoms with Crippen molar-refractivity contribution in [3.05, 3.63) is 0 Å². The van der Waals surface area contributed by atoms with Crippen LogP contribution < -0.4 is 5.73 Å². The smallest absolute Gasteiger partial charge is 0.320 e. The van der Waals surface area contributed by atoms with Gasteiger partial charge in [-0.1, -0.05) is 20.3 Å². The van der Waals surface area contributed by atoms with E-state index in [-0.39, 0.29) is 12.5 Å². The van der Waals surface area contributed by atoms with Crippen LogP contribution >= 0.6 is 0 Å². The largest absolute Gasteiger partial charge is 0.393 e. The van der Waals surface area contributed by atoms with Gasteiger partial charge in [-0.25, -0.2) is 0 Å². The standard InChI is InChI=1S/C12H21NO3/c1-4-5-8(2)9(13)6-12(3)7-10(14)16-11(12)15/h8-9H,4-7,13H2,1-3H3. The molecule has 3 atom stereocenters. The molecule has 0 aromatic rings. The topological polar surface area (TPSA) is 69.4 Å². The van der Waals surface area contributed by atoms with E-state index in [1.54, 1.807) is 6.92 Å². The van der Waals surface area contributed by atoms with Crippen molar-refractivity contribution in [2.24, 2.45) is 17.1 Å². The monoisotopic (exact) mass is 227 g/mol. The number of rotatable bonds is 5. The van der Waals surface area contributed by atoms with Gasteiger partial charge in [-0.2, -0.15) is 0 Å². The Morgan fingerprint density at radius 2 is 2.12 bits per heavy atom. The van der Waals surface area contributed by atoms with Crippen LogP contribution in [-0.2, 0) is 14.3 Å². The molecule has 0 spiro atoms. The van der Waals surface area contributed by atoms with E-state index in [2.05, 4.69) is 18.6 Å². The molecule has 3 unspecified atom stereocenters. The second kappa shape index (κ2) is 4.95. The van der Waals surface area contributed by atoms with E-state index in [0.717, 1.165) is 12.8 Å². The fraction of sp³-hybridized carbons (Fsp3) is 0.833. The lowest BCUT2D eigenvalue weighted by Crippen LogP contribution is -2.37. The first-order valence-electron chi connectivity index (χ1n) is 5.89. The number of ether oxygens (including phenoxy) is 1. The Morgan fingerprint density at radius 3 is 2.56 bits per heavy atom. The van der Waals surface area contributed by atoms with Gasteiger partial charge in [-0.15, -0.1) is 0 Å². The molecule has 0 aliphatic carbocycles. The average Bonchev–Trinajstić information content (AvgIpc) is 2.40. The summed E-state index contributed by atoms with van der Waals surface area (Å²) in [5, 5.41) is 0. The normalized spacial score (nSPS) is 29.0. The summed E-state index contributed by atoms with van der Waals surface area (Å²) >= 11 is 0. The molecule has 1 aliphatic rings. The van der Waals surface area contributed by atoms with Gasteiger partial charge < -0.3 is 10.5 Å². The van der Waals surface area contributed by atoms with Crippen LogP contribution in [0.2, 0.25) is 0 Å². The van der Waals surface area contributed by atoms with E-state index in [4.69, 9.17) is 5.73 Å². The van der Waals surface area contributed by atoms with Crippen LogP contribution in [0.15, 0.2) is 0 Å². The minimum absolute atomic E-state index is 0.0524. The molecule has 0 amide bonds. The van der Waals surface area contributed by atoms with Gasteiger partial charge >= 0.3 is 11.9 Å². The van der Waals surface area contributed by atoms with Crippen molar-refractivity contribution in [1.29, 1.82) is 0 Å². The maximum absolute atomic E-state index is 11.5. The third-order valence-electron chi connectivity index (χ3n) is 3.39. The molecule has 0 aromatic carbocycles. The van der Waals surface area contributed by atoms with Gasteiger partial charge in [0.1, 0.15) is 0 Å². The molecule has 2 N–H and O–H groups in total. The first kappa shape index (κ1) is 13.2. The molecule has 0 radical (unpaired) electrons. The van der Waals surface area contributed by atoms with Gasteiger partial charge in [0.05, 0.1) is 11.8 Å². The second-order valence-electron chi connectivity index (χ2n) is 5.13. The van der Waals surface area contributed by atoms with Gasteiger partial charge in [0.2, 0.25) is 0 Å². The molecule has 0 aromatic heterocycles. The maximum Gasteiger partial charge on any atom is 0.320 e. The fourth-order valence-corrected chi connectivity index (χ4v) is 2.20. The second-order valence-corrected chi connectivity index (χ2v) is 5.13. The molecule has 1 aliphatic heterocycles. The summed E-state index contributed by atoms with van der Waals surface area (Å²) in [5.41, 5.74) is 5.35. The van der Waals surface area contributed by atoms with Gasteiger partial charge in [-0.3, -0.25) is 9.59 Å². The Bertz CT molecular complexity index is 290. The molecular weight excluding hydrogens is 206 g/mol. The number of carbonyl (C=O) groups is 2. The predicted octanol–water partition coefficient (Wildman–Crippen LogP) is 1.62. The average molecular weight is 227 g/mol. The Labute approximate surface area is 96.5 Å². The minimum Gasteiger partial charge on any atom is -0.393 e. The third-order valence-corrected chi connectivity index (χ3v) is 3.39. The Kier molecular flexibility index (Phi) is 4.08. The van der Waals surface area contributed by atoms with Gasteiger partial charge in [0.15, 0.2) is 0 Å². The highest BCUT2D eigenvalue weighted by Gasteiger charge is 2.46. The molecule has 0 bridgehead atoms. The minimum atomic E-state index is -0.710. The molecule has 0 saturated carbocycles. The maximum atomic E-state index is 11.5. The van der Waals surface area contributed by atoms with Crippen LogP contribution in [0.25, 0.3) is 0 Å². The van der Waals surface area contributed by atoms with Crippen molar-refractivity contribution in [2.45, 2.75) is 52.5 Å². The van der Waals surface area contributed by atoms with Gasteiger partial charge in [0.25, 0.3) is 0 Å². The SMILES string of the molecule is CCCC(C)C(N)CC1(C)CC(=O)OC1=O. The zero-order valence-corrected chi connectivity index (χ0v) is 10.3. The fourth-order valence-electron chi connectivity index (χ4n) is 2.20. The first-order chi connectivity index (χ1) is 7.39. The molecule has 1 saturated heterocycles. The molecular formula is C12H21NO3. The van der Waals surface area contributed by atoms with Crippen LogP contribution in [0.1, 0.15) is 46.5 Å². The zero-order valence-electron chi connectivity index (χ0n) is 10.3. The van der Waals surface area contributed by atoms with Crippen LogP contribution in [-0.4, -0.2) is 18.0 Å². The van der Waals surface area contributed by atoms with Crippen LogP contribution in [0.5, 0.6) is 0 Å². The van der Waals surface area contributed by atoms with E-state index < -0.39 is 17.4 Å². The van der Waals surface area contributed by atoms with Gasteiger partial charge in [0, 0.05) is 6.04 Å². The van der Waals surface area contributed by atoms with Crippen molar-refractivity contribution in [2.75, 3.05) is 0 Å². The number of cyclic esters (lactones) is 2. The van der Waals surface area contributed by atoms with E-state index in [9.17, 15) is 9.59 Å². The lowest BCUT2D eigenvalue weighted by atomic mass is 9.78. The molecule has 1 fully saturated rings. The van der Waals surface area contributed by atoms with Crippen molar-refractivity contribution in [3.8, 4) is 0 Å². The molecule has 1 heterocycles. The van der Waals surface area contributed by atoms with Crippen LogP contribution in [0.3, 0.4) is 0 Å². The predicted molar refractivity (Wildman–Crippen MR) is 60.5 cm³/mol. The van der Waals surface area contributed by atoms with Crippen molar-refractivity contribution in [1.82, 2.24) is 0 Å². The van der Waals surface area contributed by atoms with Crippen molar-refractivity contribution >= 4 is 11.9 Å². The van der Waals surface area contributed by atoms with Crippen LogP contribution in [0.4, 0.5) is 0 Å². The highest BCUT2D eigenvalue weighted by molar-refractivity contribution is 5.97. The number of carbonyl (C=O) groups excluding carboxylic acids is 2. The lowest BCUT2D eigenvalue weighted by Gasteiger charge is -2.26. The van der Waals surface area contributed by atoms with Crippen molar-refractivity contribution < 1.29 is 14.3 Å². The number of nitrogens with two attached hydrogens (primary N) is 1. The van der Waals surface area contributed by atoms with E-state index in [1.165, 1.54) is 0 Å². The molecule has 4 nitrogen and oxygen atoms in total. The number of hydrogen-bond donors (Lipinski definition) is 1. The first-order valence-corrected chi connectivity index (χ1v) is 5.89. The summed E-state index contributed by atoms with van der Waals surface area (Å²) in [6.07, 6.45) is 2.81. The van der Waals surface area contributed by atoms with E-state index in [1.807, 2.05) is 0 Å². The van der Waals surface area contributed by atoms with E-state index in [0.29, 0.717) is 12.3 Å². The quantitative estimate of drug-likeness (QED) is 0.572. The Balaban J connectivity index is 2.59. The summed E-state index contributed by atoms with van der Waals surface area (Å²) in [6, 6.07) is -0.0524. The third kappa shape index (κ3) is 2.82. The number of esters is 2. The number of hydrogen-bond acceptors (Lipinski definition) is 4. The lowest BCUT2D eigenvalue weighted by molar-refractivity contribution is -0.155. The van der Waals surface area contributed by atoms with Crippen molar-refractivity contribution in [3.63, 3.8) is 0 Å². The summed E-state index contributed by atoms with van der Waals surface area (Å²) in [5.74, 6) is -0.482. The summed E-state index contributed by atoms with van der Waals surface area (Å²) in [7, 11) is 0. The highest BCUT2D eigenvalue weighted by atomic mass is 16.6. The van der Waals surface area contributed by atoms with Crippen LogP contribution in [0, 0.1) is 11.3 Å². The Morgan fingerprint density at radius 1 is 1.50 bits per heavy atom. The zero-order chi connectivity index (χ0) is 12.3. The highest BCUT2D eigenvalue weighted by Crippen LogP contribution is 2.36. The van der Waals surface area contributed by atoms with E-state index >= 15 is 0 Å². The molecule has 1 rings (SSSR count). The Hall–Kier alpha value is -0.900. The summed E-state index contributed by atoms with van der Waals surface area (Å²) in [6.45, 7) is 5.96. The molecule has 4 heteroatoms. The summed E-state index contributed by atoms with van der Waals surface area (Å²) in [4.78, 5) is 22.6. The van der Waals surface area contributed by atoms with Gasteiger partial charge in [-0.05, 0) is 25.7 Å². The molecule has 92 valence electrons. The summed E-state index contributed by atoms with van der Waals surface area (Å²) < 4.78 is 4.58. The molecule has 16 heavy (non-hydrogen) atoms.